The summed E-state index contributed by atoms with van der Waals surface area (Å²) < 4.78 is 0. The summed E-state index contributed by atoms with van der Waals surface area (Å²) >= 11 is 0. The Hall–Kier alpha value is -1.82. The van der Waals surface area contributed by atoms with Crippen LogP contribution in [0.5, 0.6) is 0 Å². The standard InChI is InChI=1S/C16H14/c1-3-12-9-10-14-6-4-5-13-8-7-11(2)15(12)16(13)14/h3-9H,1,10H2,2H3. The van der Waals surface area contributed by atoms with Gasteiger partial charge in [0.25, 0.3) is 0 Å². The van der Waals surface area contributed by atoms with Gasteiger partial charge in [0.2, 0.25) is 0 Å². The molecule has 0 nitrogen and oxygen atoms in total. The van der Waals surface area contributed by atoms with Crippen molar-refractivity contribution >= 4 is 16.3 Å². The van der Waals surface area contributed by atoms with Crippen molar-refractivity contribution in [3.63, 3.8) is 0 Å². The highest BCUT2D eigenvalue weighted by atomic mass is 14.2. The Morgan fingerprint density at radius 1 is 1.19 bits per heavy atom. The lowest BCUT2D eigenvalue weighted by Crippen LogP contribution is -1.99. The van der Waals surface area contributed by atoms with Crippen molar-refractivity contribution in [2.75, 3.05) is 0 Å². The molecule has 0 saturated heterocycles. The first-order valence-electron chi connectivity index (χ1n) is 5.65. The van der Waals surface area contributed by atoms with Gasteiger partial charge in [-0.05, 0) is 46.4 Å². The maximum Gasteiger partial charge on any atom is -0.00676 e. The van der Waals surface area contributed by atoms with Crippen LogP contribution in [0.1, 0.15) is 16.7 Å². The predicted molar refractivity (Wildman–Crippen MR) is 70.6 cm³/mol. The van der Waals surface area contributed by atoms with Crippen molar-refractivity contribution in [3.05, 3.63) is 65.8 Å². The average molecular weight is 206 g/mol. The molecule has 3 rings (SSSR count). The largest absolute Gasteiger partial charge is 0.0985 e. The summed E-state index contributed by atoms with van der Waals surface area (Å²) in [5, 5.41) is 2.76. The maximum atomic E-state index is 3.92. The summed E-state index contributed by atoms with van der Waals surface area (Å²) in [5.74, 6) is 0. The van der Waals surface area contributed by atoms with Crippen LogP contribution in [0.15, 0.2) is 49.1 Å². The van der Waals surface area contributed by atoms with Crippen LogP contribution >= 0.6 is 0 Å². The third-order valence-corrected chi connectivity index (χ3v) is 3.39. The molecule has 2 aromatic carbocycles. The normalized spacial score (nSPS) is 13.7. The lowest BCUT2D eigenvalue weighted by Gasteiger charge is -2.18. The minimum absolute atomic E-state index is 1.02. The first-order chi connectivity index (χ1) is 7.81. The van der Waals surface area contributed by atoms with E-state index >= 15 is 0 Å². The van der Waals surface area contributed by atoms with E-state index in [0.717, 1.165) is 6.42 Å². The van der Waals surface area contributed by atoms with Crippen molar-refractivity contribution in [1.29, 1.82) is 0 Å². The van der Waals surface area contributed by atoms with E-state index in [1.807, 2.05) is 6.08 Å². The summed E-state index contributed by atoms with van der Waals surface area (Å²) in [7, 11) is 0. The van der Waals surface area contributed by atoms with E-state index < -0.39 is 0 Å². The molecule has 0 heterocycles. The molecule has 0 bridgehead atoms. The molecule has 16 heavy (non-hydrogen) atoms. The predicted octanol–water partition coefficient (Wildman–Crippen LogP) is 4.27. The third kappa shape index (κ3) is 1.16. The maximum absolute atomic E-state index is 3.92. The number of hydrogen-bond acceptors (Lipinski definition) is 0. The zero-order valence-electron chi connectivity index (χ0n) is 9.46. The second kappa shape index (κ2) is 3.34. The molecule has 1 aliphatic rings. The van der Waals surface area contributed by atoms with Gasteiger partial charge in [-0.1, -0.05) is 49.1 Å². The monoisotopic (exact) mass is 206 g/mol. The van der Waals surface area contributed by atoms with E-state index in [4.69, 9.17) is 0 Å². The molecule has 0 atom stereocenters. The van der Waals surface area contributed by atoms with Gasteiger partial charge >= 0.3 is 0 Å². The Morgan fingerprint density at radius 2 is 2.06 bits per heavy atom. The molecule has 0 heteroatoms. The molecular weight excluding hydrogens is 192 g/mol. The lowest BCUT2D eigenvalue weighted by atomic mass is 9.85. The summed E-state index contributed by atoms with van der Waals surface area (Å²) in [4.78, 5) is 0. The topological polar surface area (TPSA) is 0 Å². The highest BCUT2D eigenvalue weighted by Crippen LogP contribution is 2.35. The van der Waals surface area contributed by atoms with Gasteiger partial charge in [-0.25, -0.2) is 0 Å². The van der Waals surface area contributed by atoms with E-state index in [9.17, 15) is 0 Å². The van der Waals surface area contributed by atoms with Crippen LogP contribution in [0.3, 0.4) is 0 Å². The molecular formula is C16H14. The van der Waals surface area contributed by atoms with E-state index in [-0.39, 0.29) is 0 Å². The molecule has 0 N–H and O–H groups in total. The van der Waals surface area contributed by atoms with Gasteiger partial charge in [-0.2, -0.15) is 0 Å². The van der Waals surface area contributed by atoms with E-state index in [0.29, 0.717) is 0 Å². The Balaban J connectivity index is 2.51. The van der Waals surface area contributed by atoms with Crippen molar-refractivity contribution < 1.29 is 0 Å². The Kier molecular flexibility index (Phi) is 1.97. The van der Waals surface area contributed by atoms with E-state index in [1.54, 1.807) is 0 Å². The van der Waals surface area contributed by atoms with Crippen LogP contribution < -0.4 is 0 Å². The third-order valence-electron chi connectivity index (χ3n) is 3.39. The zero-order chi connectivity index (χ0) is 11.1. The second-order valence-electron chi connectivity index (χ2n) is 4.34. The SMILES string of the molecule is C=CC1=CCc2cccc3ccc(C)c1c23. The molecule has 0 spiro atoms. The lowest BCUT2D eigenvalue weighted by molar-refractivity contribution is 1.27. The van der Waals surface area contributed by atoms with Crippen LogP contribution in [0.2, 0.25) is 0 Å². The molecule has 0 amide bonds. The van der Waals surface area contributed by atoms with Gasteiger partial charge in [-0.15, -0.1) is 0 Å². The van der Waals surface area contributed by atoms with E-state index in [2.05, 4.69) is 49.9 Å². The summed E-state index contributed by atoms with van der Waals surface area (Å²) in [6.07, 6.45) is 5.27. The first kappa shape index (κ1) is 9.41. The van der Waals surface area contributed by atoms with Crippen LogP contribution in [0.4, 0.5) is 0 Å². The molecule has 2 aromatic rings. The van der Waals surface area contributed by atoms with Gasteiger partial charge in [0.05, 0.1) is 0 Å². The molecule has 0 radical (unpaired) electrons. The summed E-state index contributed by atoms with van der Waals surface area (Å²) in [6, 6.07) is 11.0. The van der Waals surface area contributed by atoms with Crippen LogP contribution in [-0.2, 0) is 6.42 Å². The molecule has 0 aromatic heterocycles. The van der Waals surface area contributed by atoms with Gasteiger partial charge in [0.15, 0.2) is 0 Å². The van der Waals surface area contributed by atoms with E-state index in [1.165, 1.54) is 33.0 Å². The van der Waals surface area contributed by atoms with Gasteiger partial charge in [-0.3, -0.25) is 0 Å². The number of hydrogen-bond donors (Lipinski definition) is 0. The fourth-order valence-electron chi connectivity index (χ4n) is 2.61. The highest BCUT2D eigenvalue weighted by molar-refractivity contribution is 6.01. The number of allylic oxidation sites excluding steroid dienone is 3. The smallest absolute Gasteiger partial charge is 0.00676 e. The fraction of sp³-hybridized carbons (Fsp3) is 0.125. The Bertz CT molecular complexity index is 615. The minimum atomic E-state index is 1.02. The van der Waals surface area contributed by atoms with Crippen molar-refractivity contribution in [2.45, 2.75) is 13.3 Å². The Labute approximate surface area is 95.9 Å². The van der Waals surface area contributed by atoms with Crippen LogP contribution in [-0.4, -0.2) is 0 Å². The molecule has 0 fully saturated rings. The van der Waals surface area contributed by atoms with Crippen molar-refractivity contribution in [3.8, 4) is 0 Å². The van der Waals surface area contributed by atoms with Gasteiger partial charge in [0, 0.05) is 0 Å². The number of rotatable bonds is 1. The average Bonchev–Trinajstić information content (AvgIpc) is 2.33. The number of aryl methyl sites for hydroxylation is 1. The molecule has 0 saturated carbocycles. The highest BCUT2D eigenvalue weighted by Gasteiger charge is 2.14. The van der Waals surface area contributed by atoms with Crippen LogP contribution in [0, 0.1) is 6.92 Å². The quantitative estimate of drug-likeness (QED) is 0.653. The molecule has 78 valence electrons. The van der Waals surface area contributed by atoms with Crippen molar-refractivity contribution in [1.82, 2.24) is 0 Å². The zero-order valence-corrected chi connectivity index (χ0v) is 9.46. The van der Waals surface area contributed by atoms with Gasteiger partial charge < -0.3 is 0 Å². The summed E-state index contributed by atoms with van der Waals surface area (Å²) in [5.41, 5.74) is 5.42. The first-order valence-corrected chi connectivity index (χ1v) is 5.65. The van der Waals surface area contributed by atoms with Gasteiger partial charge in [0.1, 0.15) is 0 Å². The number of benzene rings is 2. The fourth-order valence-corrected chi connectivity index (χ4v) is 2.61. The Morgan fingerprint density at radius 3 is 2.88 bits per heavy atom. The molecule has 0 aliphatic heterocycles. The van der Waals surface area contributed by atoms with Crippen LogP contribution in [0.25, 0.3) is 16.3 Å². The molecule has 0 unspecified atom stereocenters. The minimum Gasteiger partial charge on any atom is -0.0985 e. The molecule has 1 aliphatic carbocycles. The second-order valence-corrected chi connectivity index (χ2v) is 4.34. The van der Waals surface area contributed by atoms with Crippen molar-refractivity contribution in [2.24, 2.45) is 0 Å². The summed E-state index contributed by atoms with van der Waals surface area (Å²) in [6.45, 7) is 6.09.